The second-order valence-corrected chi connectivity index (χ2v) is 8.50. The van der Waals surface area contributed by atoms with Gasteiger partial charge in [0.1, 0.15) is 24.1 Å². The van der Waals surface area contributed by atoms with Gasteiger partial charge in [-0.25, -0.2) is 4.79 Å². The molecule has 0 unspecified atom stereocenters. The minimum Gasteiger partial charge on any atom is -0.497 e. The van der Waals surface area contributed by atoms with Crippen molar-refractivity contribution in [3.63, 3.8) is 0 Å². The Morgan fingerprint density at radius 2 is 1.40 bits per heavy atom. The molecule has 3 aromatic carbocycles. The molecular weight excluding hydrogens is 446 g/mol. The maximum atomic E-state index is 13.3. The van der Waals surface area contributed by atoms with Crippen LogP contribution in [0.3, 0.4) is 0 Å². The lowest BCUT2D eigenvalue weighted by Crippen LogP contribution is -2.68. The number of rotatable bonds is 9. The van der Waals surface area contributed by atoms with Crippen molar-refractivity contribution in [2.45, 2.75) is 31.7 Å². The van der Waals surface area contributed by atoms with E-state index in [0.29, 0.717) is 11.5 Å². The second-order valence-electron chi connectivity index (χ2n) is 8.50. The Labute approximate surface area is 204 Å². The van der Waals surface area contributed by atoms with Crippen LogP contribution in [0.1, 0.15) is 29.7 Å². The van der Waals surface area contributed by atoms with Gasteiger partial charge >= 0.3 is 5.97 Å². The fourth-order valence-corrected chi connectivity index (χ4v) is 4.45. The maximum Gasteiger partial charge on any atom is 0.330 e. The van der Waals surface area contributed by atoms with E-state index in [9.17, 15) is 14.7 Å². The summed E-state index contributed by atoms with van der Waals surface area (Å²) in [6.07, 6.45) is -1.000. The first-order valence-electron chi connectivity index (χ1n) is 11.4. The average Bonchev–Trinajstić information content (AvgIpc) is 2.89. The number of amides is 1. The number of hydrogen-bond donors (Lipinski definition) is 1. The van der Waals surface area contributed by atoms with Gasteiger partial charge < -0.3 is 24.2 Å². The van der Waals surface area contributed by atoms with Crippen LogP contribution >= 0.6 is 0 Å². The molecule has 7 heteroatoms. The van der Waals surface area contributed by atoms with Crippen LogP contribution in [0.25, 0.3) is 0 Å². The molecular formula is C28H29NO6. The van der Waals surface area contributed by atoms with Crippen LogP contribution < -0.4 is 9.47 Å². The Balaban J connectivity index is 1.69. The van der Waals surface area contributed by atoms with Crippen LogP contribution in [0.2, 0.25) is 0 Å². The van der Waals surface area contributed by atoms with Crippen LogP contribution in [-0.4, -0.2) is 48.2 Å². The molecule has 1 heterocycles. The van der Waals surface area contributed by atoms with Crippen molar-refractivity contribution >= 4 is 11.9 Å². The van der Waals surface area contributed by atoms with Crippen molar-refractivity contribution in [3.8, 4) is 11.5 Å². The van der Waals surface area contributed by atoms with Gasteiger partial charge in [0.2, 0.25) is 5.91 Å². The van der Waals surface area contributed by atoms with Crippen LogP contribution in [0.5, 0.6) is 11.5 Å². The molecule has 4 rings (SSSR count). The Kier molecular flexibility index (Phi) is 7.36. The summed E-state index contributed by atoms with van der Waals surface area (Å²) in [6.45, 7) is 1.60. The molecule has 1 N–H and O–H groups in total. The molecule has 0 radical (unpaired) electrons. The minimum absolute atomic E-state index is 0.0838. The van der Waals surface area contributed by atoms with Crippen LogP contribution in [0.4, 0.5) is 0 Å². The number of benzene rings is 3. The summed E-state index contributed by atoms with van der Waals surface area (Å²) in [6, 6.07) is 22.5. The van der Waals surface area contributed by atoms with E-state index in [1.807, 2.05) is 78.9 Å². The number of methoxy groups -OCH3 is 2. The van der Waals surface area contributed by atoms with Crippen molar-refractivity contribution in [1.29, 1.82) is 0 Å². The maximum absolute atomic E-state index is 13.3. The SMILES string of the molecule is COc1ccc(C(c2ccc(OC)cc2)N2C(=O)[C@H]([C@H](C)O)[C@H]2C(=O)OCc2ccccc2)cc1. The fourth-order valence-electron chi connectivity index (χ4n) is 4.45. The number of aliphatic hydroxyl groups excluding tert-OH is 1. The first-order valence-corrected chi connectivity index (χ1v) is 11.4. The number of aliphatic hydroxyl groups is 1. The smallest absolute Gasteiger partial charge is 0.330 e. The summed E-state index contributed by atoms with van der Waals surface area (Å²) in [7, 11) is 3.17. The number of carbonyl (C=O) groups excluding carboxylic acids is 2. The van der Waals surface area contributed by atoms with Gasteiger partial charge in [0.05, 0.1) is 32.3 Å². The van der Waals surface area contributed by atoms with E-state index in [2.05, 4.69) is 0 Å². The number of nitrogens with zero attached hydrogens (tertiary/aromatic N) is 1. The van der Waals surface area contributed by atoms with E-state index in [1.165, 1.54) is 11.8 Å². The van der Waals surface area contributed by atoms with Crippen LogP contribution in [0.15, 0.2) is 78.9 Å². The summed E-state index contributed by atoms with van der Waals surface area (Å²) >= 11 is 0. The van der Waals surface area contributed by atoms with E-state index >= 15 is 0 Å². The summed E-state index contributed by atoms with van der Waals surface area (Å²) < 4.78 is 16.2. The van der Waals surface area contributed by atoms with Gasteiger partial charge in [-0.05, 0) is 47.9 Å². The standard InChI is InChI=1S/C28H29NO6/c1-18(30)24-26(28(32)35-17-19-7-5-4-6-8-19)29(27(24)31)25(20-9-13-22(33-2)14-10-20)21-11-15-23(34-3)16-12-21/h4-16,18,24-26,30H,17H2,1-3H3/t18-,24+,26-/m0/s1. The molecule has 3 aromatic rings. The van der Waals surface area contributed by atoms with E-state index < -0.39 is 30.1 Å². The predicted octanol–water partition coefficient (Wildman–Crippen LogP) is 3.74. The average molecular weight is 476 g/mol. The van der Waals surface area contributed by atoms with Crippen molar-refractivity contribution in [3.05, 3.63) is 95.6 Å². The van der Waals surface area contributed by atoms with Crippen molar-refractivity contribution in [2.75, 3.05) is 14.2 Å². The molecule has 7 nitrogen and oxygen atoms in total. The molecule has 1 aliphatic heterocycles. The van der Waals surface area contributed by atoms with Gasteiger partial charge in [0.15, 0.2) is 0 Å². The Bertz CT molecular complexity index is 1100. The third-order valence-electron chi connectivity index (χ3n) is 6.31. The highest BCUT2D eigenvalue weighted by molar-refractivity contribution is 5.98. The molecule has 0 aromatic heterocycles. The highest BCUT2D eigenvalue weighted by Gasteiger charge is 2.57. The number of carbonyl (C=O) groups is 2. The third kappa shape index (κ3) is 5.00. The molecule has 1 amide bonds. The molecule has 0 aliphatic carbocycles. The molecule has 1 fully saturated rings. The van der Waals surface area contributed by atoms with E-state index in [4.69, 9.17) is 14.2 Å². The lowest BCUT2D eigenvalue weighted by atomic mass is 9.79. The molecule has 1 saturated heterocycles. The zero-order valence-electron chi connectivity index (χ0n) is 20.0. The molecule has 3 atom stereocenters. The summed E-state index contributed by atoms with van der Waals surface area (Å²) in [5, 5.41) is 10.3. The monoisotopic (exact) mass is 475 g/mol. The van der Waals surface area contributed by atoms with E-state index in [0.717, 1.165) is 16.7 Å². The molecule has 182 valence electrons. The van der Waals surface area contributed by atoms with Gasteiger partial charge in [0, 0.05) is 0 Å². The Hall–Kier alpha value is -3.84. The van der Waals surface area contributed by atoms with E-state index in [-0.39, 0.29) is 12.5 Å². The minimum atomic E-state index is -1.000. The number of hydrogen-bond acceptors (Lipinski definition) is 6. The summed E-state index contributed by atoms with van der Waals surface area (Å²) in [5.74, 6) is -0.377. The fraction of sp³-hybridized carbons (Fsp3) is 0.286. The highest BCUT2D eigenvalue weighted by Crippen LogP contribution is 2.42. The molecule has 0 spiro atoms. The largest absolute Gasteiger partial charge is 0.497 e. The van der Waals surface area contributed by atoms with Crippen LogP contribution in [0, 0.1) is 5.92 Å². The molecule has 35 heavy (non-hydrogen) atoms. The Morgan fingerprint density at radius 1 is 0.886 bits per heavy atom. The Morgan fingerprint density at radius 3 is 1.86 bits per heavy atom. The van der Waals surface area contributed by atoms with E-state index in [1.54, 1.807) is 14.2 Å². The molecule has 1 aliphatic rings. The number of β-lactam (4-membered cyclic amide) rings is 1. The summed E-state index contributed by atoms with van der Waals surface area (Å²) in [5.41, 5.74) is 2.44. The zero-order chi connectivity index (χ0) is 24.9. The van der Waals surface area contributed by atoms with Gasteiger partial charge in [-0.3, -0.25) is 4.79 Å². The zero-order valence-corrected chi connectivity index (χ0v) is 20.0. The van der Waals surface area contributed by atoms with Gasteiger partial charge in [-0.15, -0.1) is 0 Å². The second kappa shape index (κ2) is 10.6. The van der Waals surface area contributed by atoms with Gasteiger partial charge in [-0.1, -0.05) is 54.6 Å². The van der Waals surface area contributed by atoms with Crippen molar-refractivity contribution in [1.82, 2.24) is 4.90 Å². The number of esters is 1. The highest BCUT2D eigenvalue weighted by atomic mass is 16.5. The third-order valence-corrected chi connectivity index (χ3v) is 6.31. The first-order chi connectivity index (χ1) is 16.9. The van der Waals surface area contributed by atoms with Crippen LogP contribution in [-0.2, 0) is 20.9 Å². The summed E-state index contributed by atoms with van der Waals surface area (Å²) in [4.78, 5) is 28.1. The quantitative estimate of drug-likeness (QED) is 0.375. The lowest BCUT2D eigenvalue weighted by molar-refractivity contribution is -0.184. The van der Waals surface area contributed by atoms with Gasteiger partial charge in [0.25, 0.3) is 0 Å². The topological polar surface area (TPSA) is 85.3 Å². The van der Waals surface area contributed by atoms with Crippen molar-refractivity contribution < 1.29 is 28.9 Å². The molecule has 0 saturated carbocycles. The normalized spacial score (nSPS) is 18.1. The lowest BCUT2D eigenvalue weighted by Gasteiger charge is -2.50. The van der Waals surface area contributed by atoms with Gasteiger partial charge in [-0.2, -0.15) is 0 Å². The molecule has 0 bridgehead atoms. The van der Waals surface area contributed by atoms with Crippen molar-refractivity contribution in [2.24, 2.45) is 5.92 Å². The first kappa shape index (κ1) is 24.3. The number of likely N-dealkylation sites (tertiary alicyclic amines) is 1. The predicted molar refractivity (Wildman–Crippen MR) is 130 cm³/mol. The number of ether oxygens (including phenoxy) is 3.